The van der Waals surface area contributed by atoms with Crippen LogP contribution in [0.2, 0.25) is 0 Å². The van der Waals surface area contributed by atoms with Crippen molar-refractivity contribution in [2.45, 2.75) is 52.1 Å². The van der Waals surface area contributed by atoms with Crippen LogP contribution in [0.15, 0.2) is 24.3 Å². The van der Waals surface area contributed by atoms with Gasteiger partial charge in [0.25, 0.3) is 5.91 Å². The lowest BCUT2D eigenvalue weighted by Crippen LogP contribution is -2.47. The Hall–Kier alpha value is -1.59. The normalized spacial score (nSPS) is 18.2. The van der Waals surface area contributed by atoms with Crippen LogP contribution in [0.5, 0.6) is 0 Å². The van der Waals surface area contributed by atoms with Gasteiger partial charge in [-0.3, -0.25) is 9.59 Å². The number of carbonyl (C=O) groups is 2. The Morgan fingerprint density at radius 1 is 1.32 bits per heavy atom. The van der Waals surface area contributed by atoms with Crippen molar-refractivity contribution in [1.29, 1.82) is 0 Å². The van der Waals surface area contributed by atoms with E-state index in [2.05, 4.69) is 12.2 Å². The topological polar surface area (TPSA) is 75.4 Å². The van der Waals surface area contributed by atoms with Gasteiger partial charge in [-0.15, -0.1) is 12.4 Å². The van der Waals surface area contributed by atoms with E-state index >= 15 is 0 Å². The summed E-state index contributed by atoms with van der Waals surface area (Å²) in [6.45, 7) is 5.83. The summed E-state index contributed by atoms with van der Waals surface area (Å²) in [6.07, 6.45) is 3.75. The minimum absolute atomic E-state index is 0. The summed E-state index contributed by atoms with van der Waals surface area (Å²) in [6, 6.07) is 7.59. The maximum atomic E-state index is 12.7. The Morgan fingerprint density at radius 2 is 2.00 bits per heavy atom. The number of nitrogens with zero attached hydrogens (tertiary/aromatic N) is 1. The molecule has 1 aliphatic heterocycles. The number of halogens is 1. The number of hydrogen-bond donors (Lipinski definition) is 2. The summed E-state index contributed by atoms with van der Waals surface area (Å²) in [5.74, 6) is -0.0325. The van der Waals surface area contributed by atoms with Crippen LogP contribution in [0.3, 0.4) is 0 Å². The Morgan fingerprint density at radius 3 is 2.60 bits per heavy atom. The molecule has 5 nitrogen and oxygen atoms in total. The fraction of sp³-hybridized carbons (Fsp3) is 0.579. The molecule has 1 fully saturated rings. The first kappa shape index (κ1) is 21.5. The zero-order valence-corrected chi connectivity index (χ0v) is 16.0. The van der Waals surface area contributed by atoms with Crippen LogP contribution in [0.4, 0.5) is 0 Å². The minimum Gasteiger partial charge on any atom is -0.353 e. The SMILES string of the molecule is CCCC(C)NC(=O)C1CCCN(C(=O)c2ccc(CN)cc2)C1.Cl. The summed E-state index contributed by atoms with van der Waals surface area (Å²) in [5.41, 5.74) is 7.26. The van der Waals surface area contributed by atoms with Crippen molar-refractivity contribution in [3.05, 3.63) is 35.4 Å². The van der Waals surface area contributed by atoms with Crippen LogP contribution in [-0.2, 0) is 11.3 Å². The number of benzene rings is 1. The molecule has 0 spiro atoms. The molecular formula is C19H30ClN3O2. The van der Waals surface area contributed by atoms with Crippen LogP contribution in [0.25, 0.3) is 0 Å². The fourth-order valence-electron chi connectivity index (χ4n) is 3.21. The van der Waals surface area contributed by atoms with Gasteiger partial charge in [-0.25, -0.2) is 0 Å². The zero-order valence-electron chi connectivity index (χ0n) is 15.2. The monoisotopic (exact) mass is 367 g/mol. The summed E-state index contributed by atoms with van der Waals surface area (Å²) >= 11 is 0. The first-order chi connectivity index (χ1) is 11.5. The molecule has 0 aliphatic carbocycles. The van der Waals surface area contributed by atoms with Gasteiger partial charge in [0.2, 0.25) is 5.91 Å². The molecule has 2 amide bonds. The Bertz CT molecular complexity index is 562. The number of nitrogens with one attached hydrogen (secondary N) is 1. The van der Waals surface area contributed by atoms with Gasteiger partial charge >= 0.3 is 0 Å². The molecular weight excluding hydrogens is 338 g/mol. The second kappa shape index (κ2) is 10.4. The minimum atomic E-state index is -0.106. The van der Waals surface area contributed by atoms with Gasteiger partial charge in [-0.05, 0) is 43.9 Å². The Labute approximate surface area is 156 Å². The summed E-state index contributed by atoms with van der Waals surface area (Å²) in [7, 11) is 0. The maximum absolute atomic E-state index is 12.7. The molecule has 0 saturated carbocycles. The highest BCUT2D eigenvalue weighted by molar-refractivity contribution is 5.94. The standard InChI is InChI=1S/C19H29N3O2.ClH/c1-3-5-14(2)21-18(23)17-6-4-11-22(13-17)19(24)16-9-7-15(12-20)8-10-16;/h7-10,14,17H,3-6,11-13,20H2,1-2H3,(H,21,23);1H. The average molecular weight is 368 g/mol. The second-order valence-electron chi connectivity index (χ2n) is 6.69. The van der Waals surface area contributed by atoms with E-state index in [1.54, 1.807) is 4.90 Å². The number of hydrogen-bond acceptors (Lipinski definition) is 3. The highest BCUT2D eigenvalue weighted by Gasteiger charge is 2.29. The predicted molar refractivity (Wildman–Crippen MR) is 103 cm³/mol. The van der Waals surface area contributed by atoms with Crippen LogP contribution < -0.4 is 11.1 Å². The predicted octanol–water partition coefficient (Wildman–Crippen LogP) is 2.72. The van der Waals surface area contributed by atoms with Crippen molar-refractivity contribution in [2.75, 3.05) is 13.1 Å². The first-order valence-corrected chi connectivity index (χ1v) is 8.93. The van der Waals surface area contributed by atoms with Gasteiger partial charge in [0.1, 0.15) is 0 Å². The van der Waals surface area contributed by atoms with E-state index in [1.165, 1.54) is 0 Å². The molecule has 25 heavy (non-hydrogen) atoms. The molecule has 2 rings (SSSR count). The van der Waals surface area contributed by atoms with Crippen molar-refractivity contribution in [1.82, 2.24) is 10.2 Å². The molecule has 140 valence electrons. The van der Waals surface area contributed by atoms with E-state index in [4.69, 9.17) is 5.73 Å². The molecule has 0 radical (unpaired) electrons. The van der Waals surface area contributed by atoms with Gasteiger partial charge in [0, 0.05) is 31.2 Å². The molecule has 6 heteroatoms. The number of likely N-dealkylation sites (tertiary alicyclic amines) is 1. The lowest BCUT2D eigenvalue weighted by molar-refractivity contribution is -0.127. The van der Waals surface area contributed by atoms with Crippen molar-refractivity contribution in [3.8, 4) is 0 Å². The quantitative estimate of drug-likeness (QED) is 0.811. The fourth-order valence-corrected chi connectivity index (χ4v) is 3.21. The number of rotatable bonds is 6. The third-order valence-electron chi connectivity index (χ3n) is 4.63. The van der Waals surface area contributed by atoms with Crippen LogP contribution >= 0.6 is 12.4 Å². The van der Waals surface area contributed by atoms with Crippen molar-refractivity contribution in [3.63, 3.8) is 0 Å². The van der Waals surface area contributed by atoms with Gasteiger partial charge in [0.05, 0.1) is 5.92 Å². The van der Waals surface area contributed by atoms with E-state index < -0.39 is 0 Å². The van der Waals surface area contributed by atoms with E-state index in [1.807, 2.05) is 31.2 Å². The number of amides is 2. The third kappa shape index (κ3) is 6.01. The molecule has 1 aromatic rings. The molecule has 0 aromatic heterocycles. The molecule has 3 N–H and O–H groups in total. The largest absolute Gasteiger partial charge is 0.353 e. The van der Waals surface area contributed by atoms with Gasteiger partial charge < -0.3 is 16.0 Å². The molecule has 1 aliphatic rings. The zero-order chi connectivity index (χ0) is 17.5. The molecule has 1 saturated heterocycles. The van der Waals surface area contributed by atoms with Gasteiger partial charge in [0.15, 0.2) is 0 Å². The molecule has 2 atom stereocenters. The highest BCUT2D eigenvalue weighted by atomic mass is 35.5. The maximum Gasteiger partial charge on any atom is 0.253 e. The average Bonchev–Trinajstić information content (AvgIpc) is 2.61. The first-order valence-electron chi connectivity index (χ1n) is 8.93. The third-order valence-corrected chi connectivity index (χ3v) is 4.63. The van der Waals surface area contributed by atoms with Crippen molar-refractivity contribution < 1.29 is 9.59 Å². The van der Waals surface area contributed by atoms with Gasteiger partial charge in [-0.2, -0.15) is 0 Å². The summed E-state index contributed by atoms with van der Waals surface area (Å²) in [5, 5.41) is 3.07. The van der Waals surface area contributed by atoms with Crippen molar-refractivity contribution in [2.24, 2.45) is 11.7 Å². The van der Waals surface area contributed by atoms with E-state index in [0.717, 1.165) is 31.2 Å². The lowest BCUT2D eigenvalue weighted by atomic mass is 9.96. The van der Waals surface area contributed by atoms with Crippen LogP contribution in [0.1, 0.15) is 55.5 Å². The Balaban J connectivity index is 0.00000312. The Kier molecular flexibility index (Phi) is 8.93. The van der Waals surface area contributed by atoms with Gasteiger partial charge in [-0.1, -0.05) is 25.5 Å². The second-order valence-corrected chi connectivity index (χ2v) is 6.69. The van der Waals surface area contributed by atoms with E-state index in [-0.39, 0.29) is 36.2 Å². The van der Waals surface area contributed by atoms with Crippen molar-refractivity contribution >= 4 is 24.2 Å². The highest BCUT2D eigenvalue weighted by Crippen LogP contribution is 2.19. The van der Waals surface area contributed by atoms with Crippen LogP contribution in [-0.4, -0.2) is 35.8 Å². The molecule has 1 aromatic carbocycles. The lowest BCUT2D eigenvalue weighted by Gasteiger charge is -2.32. The number of carbonyl (C=O) groups excluding carboxylic acids is 2. The van der Waals surface area contributed by atoms with E-state index in [0.29, 0.717) is 25.2 Å². The summed E-state index contributed by atoms with van der Waals surface area (Å²) < 4.78 is 0. The number of piperidine rings is 1. The molecule has 2 unspecified atom stereocenters. The molecule has 0 bridgehead atoms. The van der Waals surface area contributed by atoms with Crippen LogP contribution in [0, 0.1) is 5.92 Å². The smallest absolute Gasteiger partial charge is 0.253 e. The number of nitrogens with two attached hydrogens (primary N) is 1. The van der Waals surface area contributed by atoms with E-state index in [9.17, 15) is 9.59 Å². The molecule has 1 heterocycles. The summed E-state index contributed by atoms with van der Waals surface area (Å²) in [4.78, 5) is 26.9.